The highest BCUT2D eigenvalue weighted by Gasteiger charge is 2.08. The van der Waals surface area contributed by atoms with Crippen LogP contribution in [0.1, 0.15) is 16.8 Å². The third kappa shape index (κ3) is 1.69. The maximum Gasteiger partial charge on any atom is 0.200 e. The van der Waals surface area contributed by atoms with Crippen molar-refractivity contribution in [1.29, 1.82) is 5.26 Å². The Morgan fingerprint density at radius 1 is 1.45 bits per heavy atom. The Morgan fingerprint density at radius 2 is 2.09 bits per heavy atom. The number of hydrogen-bond acceptors (Lipinski definition) is 1. The first-order chi connectivity index (χ1) is 5.25. The van der Waals surface area contributed by atoms with Crippen molar-refractivity contribution in [3.63, 3.8) is 0 Å². The summed E-state index contributed by atoms with van der Waals surface area (Å²) in [5, 5.41) is 8.49. The minimum absolute atomic E-state index is 0.233. The van der Waals surface area contributed by atoms with Crippen LogP contribution >= 0.6 is 11.6 Å². The summed E-state index contributed by atoms with van der Waals surface area (Å²) in [5.41, 5.74) is -1.07. The van der Waals surface area contributed by atoms with Gasteiger partial charge in [0.1, 0.15) is 0 Å². The predicted octanol–water partition coefficient (Wildman–Crippen LogP) is 2.77. The van der Waals surface area contributed by atoms with Crippen molar-refractivity contribution in [3.05, 3.63) is 35.4 Å². The third-order valence-corrected chi connectivity index (χ3v) is 1.55. The summed E-state index contributed by atoms with van der Waals surface area (Å²) >= 11 is 5.17. The van der Waals surface area contributed by atoms with E-state index in [1.54, 1.807) is 12.1 Å². The van der Waals surface area contributed by atoms with E-state index in [2.05, 4.69) is 0 Å². The maximum atomic E-state index is 12.5. The Morgan fingerprint density at radius 3 is 2.55 bits per heavy atom. The Balaban J connectivity index is 3.15. The predicted molar refractivity (Wildman–Crippen MR) is 40.9 cm³/mol. The summed E-state index contributed by atoms with van der Waals surface area (Å²) in [6, 6.07) is 8.19. The summed E-state index contributed by atoms with van der Waals surface area (Å²) in [5.74, 6) is 0. The Bertz CT molecular complexity index is 290. The van der Waals surface area contributed by atoms with Gasteiger partial charge in [0.15, 0.2) is 5.63 Å². The monoisotopic (exact) mass is 169 g/mol. The fourth-order valence-corrected chi connectivity index (χ4v) is 0.979. The summed E-state index contributed by atoms with van der Waals surface area (Å²) < 4.78 is 12.5. The Kier molecular flexibility index (Phi) is 2.45. The van der Waals surface area contributed by atoms with E-state index in [4.69, 9.17) is 16.9 Å². The van der Waals surface area contributed by atoms with E-state index >= 15 is 0 Å². The highest BCUT2D eigenvalue weighted by atomic mass is 35.5. The number of rotatable bonds is 1. The van der Waals surface area contributed by atoms with E-state index in [1.165, 1.54) is 12.1 Å². The molecule has 0 aliphatic carbocycles. The molecule has 0 saturated carbocycles. The van der Waals surface area contributed by atoms with Gasteiger partial charge in [0, 0.05) is 5.56 Å². The van der Waals surface area contributed by atoms with Crippen LogP contribution in [0, 0.1) is 11.3 Å². The molecule has 0 radical (unpaired) electrons. The SMILES string of the molecule is N#Cc1ccccc1C(F)Cl. The first-order valence-electron chi connectivity index (χ1n) is 3.03. The van der Waals surface area contributed by atoms with E-state index in [-0.39, 0.29) is 11.1 Å². The smallest absolute Gasteiger partial charge is 0.200 e. The van der Waals surface area contributed by atoms with Crippen LogP contribution in [0.15, 0.2) is 24.3 Å². The molecule has 0 saturated heterocycles. The van der Waals surface area contributed by atoms with Crippen molar-refractivity contribution in [2.75, 3.05) is 0 Å². The molecule has 0 N–H and O–H groups in total. The number of nitrogens with zero attached hydrogens (tertiary/aromatic N) is 1. The van der Waals surface area contributed by atoms with Gasteiger partial charge in [0.25, 0.3) is 0 Å². The van der Waals surface area contributed by atoms with Gasteiger partial charge in [-0.25, -0.2) is 4.39 Å². The molecule has 3 heteroatoms. The average molecular weight is 170 g/mol. The minimum Gasteiger partial charge on any atom is -0.225 e. The van der Waals surface area contributed by atoms with Gasteiger partial charge in [-0.3, -0.25) is 0 Å². The van der Waals surface area contributed by atoms with Crippen LogP contribution in [0.4, 0.5) is 4.39 Å². The first kappa shape index (κ1) is 8.03. The molecule has 0 fully saturated rings. The number of nitriles is 1. The fourth-order valence-electron chi connectivity index (χ4n) is 0.789. The van der Waals surface area contributed by atoms with Gasteiger partial charge in [-0.1, -0.05) is 29.8 Å². The maximum absolute atomic E-state index is 12.5. The Hall–Kier alpha value is -1.07. The number of halogens is 2. The van der Waals surface area contributed by atoms with E-state index in [9.17, 15) is 4.39 Å². The van der Waals surface area contributed by atoms with Gasteiger partial charge in [-0.15, -0.1) is 0 Å². The molecule has 0 aromatic heterocycles. The van der Waals surface area contributed by atoms with Gasteiger partial charge in [-0.2, -0.15) is 5.26 Å². The summed E-state index contributed by atoms with van der Waals surface area (Å²) in [6.45, 7) is 0. The van der Waals surface area contributed by atoms with Gasteiger partial charge in [-0.05, 0) is 6.07 Å². The molecule has 0 bridgehead atoms. The lowest BCUT2D eigenvalue weighted by atomic mass is 10.1. The second kappa shape index (κ2) is 3.36. The molecule has 0 spiro atoms. The van der Waals surface area contributed by atoms with Gasteiger partial charge in [0.2, 0.25) is 0 Å². The standard InChI is InChI=1S/C8H5ClFN/c9-8(10)7-4-2-1-3-6(7)5-11/h1-4,8H. The van der Waals surface area contributed by atoms with Crippen LogP contribution in [-0.2, 0) is 0 Å². The molecular formula is C8H5ClFN. The van der Waals surface area contributed by atoms with Crippen molar-refractivity contribution < 1.29 is 4.39 Å². The van der Waals surface area contributed by atoms with Gasteiger partial charge >= 0.3 is 0 Å². The highest BCUT2D eigenvalue weighted by molar-refractivity contribution is 6.19. The molecule has 1 rings (SSSR count). The molecule has 11 heavy (non-hydrogen) atoms. The van der Waals surface area contributed by atoms with Crippen LogP contribution < -0.4 is 0 Å². The van der Waals surface area contributed by atoms with E-state index in [0.29, 0.717) is 0 Å². The molecular weight excluding hydrogens is 165 g/mol. The Labute approximate surface area is 69.0 Å². The molecule has 0 amide bonds. The average Bonchev–Trinajstić information content (AvgIpc) is 2.04. The van der Waals surface area contributed by atoms with Crippen LogP contribution in [0.5, 0.6) is 0 Å². The number of benzene rings is 1. The van der Waals surface area contributed by atoms with Crippen LogP contribution in [0.3, 0.4) is 0 Å². The van der Waals surface area contributed by atoms with Crippen LogP contribution in [0.25, 0.3) is 0 Å². The largest absolute Gasteiger partial charge is 0.225 e. The summed E-state index contributed by atoms with van der Waals surface area (Å²) in [7, 11) is 0. The first-order valence-corrected chi connectivity index (χ1v) is 3.46. The third-order valence-electron chi connectivity index (χ3n) is 1.32. The molecule has 0 aliphatic heterocycles. The van der Waals surface area contributed by atoms with Crippen molar-refractivity contribution in [2.45, 2.75) is 5.63 Å². The lowest BCUT2D eigenvalue weighted by Crippen LogP contribution is -1.87. The molecule has 1 atom stereocenters. The zero-order chi connectivity index (χ0) is 8.27. The molecule has 1 unspecified atom stereocenters. The normalized spacial score (nSPS) is 12.1. The zero-order valence-corrected chi connectivity index (χ0v) is 6.35. The quantitative estimate of drug-likeness (QED) is 0.593. The summed E-state index contributed by atoms with van der Waals surface area (Å²) in [4.78, 5) is 0. The lowest BCUT2D eigenvalue weighted by molar-refractivity contribution is 0.460. The molecule has 1 aromatic carbocycles. The van der Waals surface area contributed by atoms with Crippen LogP contribution in [0.2, 0.25) is 0 Å². The van der Waals surface area contributed by atoms with Gasteiger partial charge in [0.05, 0.1) is 11.6 Å². The van der Waals surface area contributed by atoms with Crippen molar-refractivity contribution in [2.24, 2.45) is 0 Å². The van der Waals surface area contributed by atoms with Crippen molar-refractivity contribution in [1.82, 2.24) is 0 Å². The number of hydrogen-bond donors (Lipinski definition) is 0. The fraction of sp³-hybridized carbons (Fsp3) is 0.125. The van der Waals surface area contributed by atoms with Crippen molar-refractivity contribution >= 4 is 11.6 Å². The van der Waals surface area contributed by atoms with E-state index in [0.717, 1.165) is 0 Å². The van der Waals surface area contributed by atoms with Gasteiger partial charge < -0.3 is 0 Å². The second-order valence-electron chi connectivity index (χ2n) is 2.00. The van der Waals surface area contributed by atoms with E-state index < -0.39 is 5.63 Å². The van der Waals surface area contributed by atoms with E-state index in [1.807, 2.05) is 6.07 Å². The molecule has 1 aromatic rings. The number of alkyl halides is 2. The van der Waals surface area contributed by atoms with Crippen molar-refractivity contribution in [3.8, 4) is 6.07 Å². The molecule has 1 nitrogen and oxygen atoms in total. The van der Waals surface area contributed by atoms with Crippen LogP contribution in [-0.4, -0.2) is 0 Å². The molecule has 56 valence electrons. The minimum atomic E-state index is -1.59. The molecule has 0 aliphatic rings. The molecule has 0 heterocycles. The topological polar surface area (TPSA) is 23.8 Å². The zero-order valence-electron chi connectivity index (χ0n) is 5.59. The lowest BCUT2D eigenvalue weighted by Gasteiger charge is -2.00. The highest BCUT2D eigenvalue weighted by Crippen LogP contribution is 2.24. The second-order valence-corrected chi connectivity index (χ2v) is 2.38. The summed E-state index contributed by atoms with van der Waals surface area (Å²) in [6.07, 6.45) is 0.